The van der Waals surface area contributed by atoms with Gasteiger partial charge in [-0.25, -0.2) is 0 Å². The van der Waals surface area contributed by atoms with Gasteiger partial charge in [-0.15, -0.1) is 0 Å². The lowest BCUT2D eigenvalue weighted by molar-refractivity contribution is -0.137. The van der Waals surface area contributed by atoms with Crippen LogP contribution in [0.2, 0.25) is 0 Å². The Bertz CT molecular complexity index is 862. The Hall–Kier alpha value is -3.10. The van der Waals surface area contributed by atoms with Crippen molar-refractivity contribution < 1.29 is 22.8 Å². The van der Waals surface area contributed by atoms with Crippen LogP contribution >= 0.6 is 0 Å². The number of hydrogen-bond donors (Lipinski definition) is 2. The van der Waals surface area contributed by atoms with Crippen molar-refractivity contribution in [3.63, 3.8) is 0 Å². The van der Waals surface area contributed by atoms with E-state index >= 15 is 0 Å². The lowest BCUT2D eigenvalue weighted by Gasteiger charge is -2.21. The minimum Gasteiger partial charge on any atom is -0.329 e. The molecule has 1 heterocycles. The molecule has 0 spiro atoms. The first kappa shape index (κ1) is 19.2. The van der Waals surface area contributed by atoms with Crippen LogP contribution in [0.4, 0.5) is 18.9 Å². The Labute approximate surface area is 146 Å². The second-order valence-corrected chi connectivity index (χ2v) is 5.32. The summed E-state index contributed by atoms with van der Waals surface area (Å²) in [6.45, 7) is 1.20. The molecule has 6 nitrogen and oxygen atoms in total. The molecule has 9 heteroatoms. The molecular weight excluding hydrogens is 351 g/mol. The normalized spacial score (nSPS) is 11.1. The van der Waals surface area contributed by atoms with E-state index in [1.807, 2.05) is 0 Å². The van der Waals surface area contributed by atoms with Crippen molar-refractivity contribution in [1.29, 1.82) is 0 Å². The molecule has 2 N–H and O–H groups in total. The van der Waals surface area contributed by atoms with Gasteiger partial charge in [-0.2, -0.15) is 13.2 Å². The van der Waals surface area contributed by atoms with Crippen LogP contribution in [-0.4, -0.2) is 34.8 Å². The smallest absolute Gasteiger partial charge is 0.329 e. The molecule has 2 aromatic rings. The maximum Gasteiger partial charge on any atom is 0.418 e. The Balaban J connectivity index is 2.15. The number of amides is 2. The number of rotatable bonds is 5. The molecule has 0 radical (unpaired) electrons. The number of nitrogens with zero attached hydrogens (tertiary/aromatic N) is 1. The molecule has 2 amide bonds. The number of para-hydroxylation sites is 1. The van der Waals surface area contributed by atoms with Crippen molar-refractivity contribution in [2.45, 2.75) is 13.1 Å². The third-order valence-corrected chi connectivity index (χ3v) is 3.56. The fourth-order valence-corrected chi connectivity index (χ4v) is 2.29. The van der Waals surface area contributed by atoms with Crippen LogP contribution in [0, 0.1) is 0 Å². The van der Waals surface area contributed by atoms with Crippen LogP contribution in [-0.2, 0) is 11.0 Å². The van der Waals surface area contributed by atoms with Crippen LogP contribution in [0.1, 0.15) is 22.8 Å². The lowest BCUT2D eigenvalue weighted by Crippen LogP contribution is -2.40. The number of likely N-dealkylation sites (N-methyl/N-ethyl adjacent to an activating group) is 1. The summed E-state index contributed by atoms with van der Waals surface area (Å²) in [7, 11) is 0. The van der Waals surface area contributed by atoms with Crippen LogP contribution in [0.5, 0.6) is 0 Å². The highest BCUT2D eigenvalue weighted by atomic mass is 19.4. The number of anilines is 1. The molecule has 138 valence electrons. The first-order chi connectivity index (χ1) is 12.2. The number of halogens is 3. The van der Waals surface area contributed by atoms with Crippen LogP contribution in [0.3, 0.4) is 0 Å². The Morgan fingerprint density at radius 3 is 2.46 bits per heavy atom. The molecule has 0 bridgehead atoms. The van der Waals surface area contributed by atoms with E-state index in [-0.39, 0.29) is 12.1 Å². The molecule has 0 atom stereocenters. The quantitative estimate of drug-likeness (QED) is 0.852. The number of aromatic amines is 1. The van der Waals surface area contributed by atoms with Gasteiger partial charge < -0.3 is 15.2 Å². The topological polar surface area (TPSA) is 82.3 Å². The van der Waals surface area contributed by atoms with Crippen molar-refractivity contribution in [2.24, 2.45) is 0 Å². The summed E-state index contributed by atoms with van der Waals surface area (Å²) in [5, 5.41) is 2.16. The average molecular weight is 367 g/mol. The number of hydrogen-bond acceptors (Lipinski definition) is 3. The molecule has 0 unspecified atom stereocenters. The number of pyridine rings is 1. The summed E-state index contributed by atoms with van der Waals surface area (Å²) in [6.07, 6.45) is -3.27. The summed E-state index contributed by atoms with van der Waals surface area (Å²) in [4.78, 5) is 39.6. The zero-order valence-corrected chi connectivity index (χ0v) is 13.8. The number of carbonyl (C=O) groups excluding carboxylic acids is 2. The van der Waals surface area contributed by atoms with Crippen LogP contribution < -0.4 is 10.9 Å². The largest absolute Gasteiger partial charge is 0.418 e. The van der Waals surface area contributed by atoms with E-state index in [0.29, 0.717) is 0 Å². The van der Waals surface area contributed by atoms with E-state index in [1.165, 1.54) is 30.5 Å². The molecular formula is C17H16F3N3O3. The summed E-state index contributed by atoms with van der Waals surface area (Å²) >= 11 is 0. The minimum atomic E-state index is -4.62. The van der Waals surface area contributed by atoms with E-state index in [2.05, 4.69) is 10.3 Å². The van der Waals surface area contributed by atoms with Gasteiger partial charge in [0.1, 0.15) is 12.1 Å². The summed E-state index contributed by atoms with van der Waals surface area (Å²) in [5.74, 6) is -1.49. The van der Waals surface area contributed by atoms with Gasteiger partial charge >= 0.3 is 6.18 Å². The highest BCUT2D eigenvalue weighted by Crippen LogP contribution is 2.34. The van der Waals surface area contributed by atoms with Gasteiger partial charge in [-0.1, -0.05) is 12.1 Å². The zero-order chi connectivity index (χ0) is 19.3. The predicted molar refractivity (Wildman–Crippen MR) is 88.7 cm³/mol. The molecule has 0 saturated carbocycles. The molecule has 26 heavy (non-hydrogen) atoms. The molecule has 0 aliphatic heterocycles. The summed E-state index contributed by atoms with van der Waals surface area (Å²) in [6, 6.07) is 7.31. The lowest BCUT2D eigenvalue weighted by atomic mass is 10.1. The molecule has 2 rings (SSSR count). The highest BCUT2D eigenvalue weighted by molar-refractivity contribution is 5.99. The van der Waals surface area contributed by atoms with Crippen molar-refractivity contribution in [3.8, 4) is 0 Å². The average Bonchev–Trinajstić information content (AvgIpc) is 2.59. The number of benzene rings is 1. The first-order valence-electron chi connectivity index (χ1n) is 7.67. The number of alkyl halides is 3. The van der Waals surface area contributed by atoms with Crippen molar-refractivity contribution in [1.82, 2.24) is 9.88 Å². The van der Waals surface area contributed by atoms with E-state index in [4.69, 9.17) is 0 Å². The number of H-pyrrole nitrogens is 1. The Morgan fingerprint density at radius 2 is 1.85 bits per heavy atom. The Kier molecular flexibility index (Phi) is 5.81. The van der Waals surface area contributed by atoms with Crippen molar-refractivity contribution >= 4 is 17.5 Å². The maximum absolute atomic E-state index is 13.0. The second kappa shape index (κ2) is 7.85. The number of nitrogens with one attached hydrogen (secondary N) is 2. The Morgan fingerprint density at radius 1 is 1.15 bits per heavy atom. The van der Waals surface area contributed by atoms with Gasteiger partial charge in [0.05, 0.1) is 11.3 Å². The van der Waals surface area contributed by atoms with Crippen LogP contribution in [0.15, 0.2) is 47.4 Å². The highest BCUT2D eigenvalue weighted by Gasteiger charge is 2.33. The molecule has 0 fully saturated rings. The minimum absolute atomic E-state index is 0.0987. The van der Waals surface area contributed by atoms with Crippen molar-refractivity contribution in [2.75, 3.05) is 18.4 Å². The molecule has 0 aliphatic rings. The fraction of sp³-hybridized carbons (Fsp3) is 0.235. The standard InChI is InChI=1S/C17H16F3N3O3/c1-2-23(16(26)11-6-5-9-21-15(11)25)10-14(24)22-13-8-4-3-7-12(13)17(18,19)20/h3-9H,2,10H2,1H3,(H,21,25)(H,22,24). The van der Waals surface area contributed by atoms with Gasteiger partial charge in [0, 0.05) is 12.7 Å². The zero-order valence-electron chi connectivity index (χ0n) is 13.8. The van der Waals surface area contributed by atoms with E-state index in [1.54, 1.807) is 6.92 Å². The number of carbonyl (C=O) groups is 2. The SMILES string of the molecule is CCN(CC(=O)Nc1ccccc1C(F)(F)F)C(=O)c1ccc[nH]c1=O. The van der Waals surface area contributed by atoms with E-state index < -0.39 is 41.3 Å². The molecule has 0 saturated heterocycles. The van der Waals surface area contributed by atoms with Gasteiger partial charge in [0.2, 0.25) is 5.91 Å². The van der Waals surface area contributed by atoms with Crippen molar-refractivity contribution in [3.05, 3.63) is 64.1 Å². The first-order valence-corrected chi connectivity index (χ1v) is 7.67. The number of aromatic nitrogens is 1. The van der Waals surface area contributed by atoms with Gasteiger partial charge in [-0.05, 0) is 31.2 Å². The monoisotopic (exact) mass is 367 g/mol. The second-order valence-electron chi connectivity index (χ2n) is 5.32. The summed E-state index contributed by atoms with van der Waals surface area (Å²) in [5.41, 5.74) is -2.15. The maximum atomic E-state index is 13.0. The fourth-order valence-electron chi connectivity index (χ4n) is 2.29. The molecule has 0 aliphatic carbocycles. The third-order valence-electron chi connectivity index (χ3n) is 3.56. The third kappa shape index (κ3) is 4.50. The molecule has 1 aromatic carbocycles. The van der Waals surface area contributed by atoms with E-state index in [9.17, 15) is 27.6 Å². The van der Waals surface area contributed by atoms with Gasteiger partial charge in [0.25, 0.3) is 11.5 Å². The van der Waals surface area contributed by atoms with Gasteiger partial charge in [-0.3, -0.25) is 14.4 Å². The molecule has 1 aromatic heterocycles. The van der Waals surface area contributed by atoms with E-state index in [0.717, 1.165) is 17.0 Å². The summed E-state index contributed by atoms with van der Waals surface area (Å²) < 4.78 is 38.9. The predicted octanol–water partition coefficient (Wildman–Crippen LogP) is 2.49. The van der Waals surface area contributed by atoms with Crippen LogP contribution in [0.25, 0.3) is 0 Å². The van der Waals surface area contributed by atoms with Gasteiger partial charge in [0.15, 0.2) is 0 Å².